The summed E-state index contributed by atoms with van der Waals surface area (Å²) in [5.74, 6) is 0.253. The van der Waals surface area contributed by atoms with E-state index < -0.39 is 23.9 Å². The first-order valence-corrected chi connectivity index (χ1v) is 6.85. The first-order chi connectivity index (χ1) is 8.69. The number of nitrogens with one attached hydrogen (secondary N) is 1. The summed E-state index contributed by atoms with van der Waals surface area (Å²) in [5.41, 5.74) is -0.606. The van der Waals surface area contributed by atoms with Gasteiger partial charge in [-0.1, -0.05) is 0 Å². The van der Waals surface area contributed by atoms with E-state index in [1.54, 1.807) is 32.9 Å². The zero-order chi connectivity index (χ0) is 14.6. The lowest BCUT2D eigenvalue weighted by Gasteiger charge is -2.21. The van der Waals surface area contributed by atoms with Crippen molar-refractivity contribution in [1.82, 2.24) is 5.32 Å². The molecule has 2 atom stereocenters. The molecule has 0 bridgehead atoms. The molecule has 7 heteroatoms. The average Bonchev–Trinajstić information content (AvgIpc) is 2.69. The highest BCUT2D eigenvalue weighted by Gasteiger charge is 2.23. The number of amides is 1. The van der Waals surface area contributed by atoms with Gasteiger partial charge in [-0.3, -0.25) is 0 Å². The predicted molar refractivity (Wildman–Crippen MR) is 76.6 cm³/mol. The molecule has 1 heterocycles. The van der Waals surface area contributed by atoms with Crippen LogP contribution in [0.15, 0.2) is 16.5 Å². The lowest BCUT2D eigenvalue weighted by atomic mass is 10.1. The van der Waals surface area contributed by atoms with Crippen molar-refractivity contribution in [2.45, 2.75) is 38.6 Å². The number of carbonyl (C=O) groups is 1. The maximum Gasteiger partial charge on any atom is 0.407 e. The van der Waals surface area contributed by atoms with E-state index in [0.717, 1.165) is 0 Å². The monoisotopic (exact) mass is 383 g/mol. The Balaban J connectivity index is 2.43. The molecule has 1 rings (SSSR count). The number of alkyl carbamates (subject to hydrolysis) is 1. The third kappa shape index (κ3) is 5.79. The summed E-state index contributed by atoms with van der Waals surface area (Å²) in [6, 6.07) is 3.25. The van der Waals surface area contributed by atoms with Crippen LogP contribution in [0.3, 0.4) is 0 Å². The Kier molecular flexibility index (Phi) is 5.63. The maximum absolute atomic E-state index is 11.4. The van der Waals surface area contributed by atoms with Gasteiger partial charge in [-0.2, -0.15) is 0 Å². The molecular formula is C12H18INO5. The standard InChI is InChI=1S/C12H18INO5/c1-12(2,3)19-11(17)14-6-7(15)10(16)8-4-5-9(13)18-8/h4-5,7,10,15-16H,6H2,1-3H3,(H,14,17). The normalized spacial score (nSPS) is 14.8. The van der Waals surface area contributed by atoms with E-state index in [1.807, 2.05) is 22.6 Å². The van der Waals surface area contributed by atoms with Crippen LogP contribution in [0.5, 0.6) is 0 Å². The summed E-state index contributed by atoms with van der Waals surface area (Å²) >= 11 is 1.95. The summed E-state index contributed by atoms with van der Waals surface area (Å²) in [7, 11) is 0. The molecule has 6 nitrogen and oxygen atoms in total. The Hall–Kier alpha value is -0.800. The first-order valence-electron chi connectivity index (χ1n) is 5.77. The van der Waals surface area contributed by atoms with Crippen molar-refractivity contribution in [3.63, 3.8) is 0 Å². The van der Waals surface area contributed by atoms with Crippen LogP contribution in [0.1, 0.15) is 32.6 Å². The van der Waals surface area contributed by atoms with Crippen LogP contribution in [-0.4, -0.2) is 34.6 Å². The minimum Gasteiger partial charge on any atom is -0.453 e. The zero-order valence-corrected chi connectivity index (χ0v) is 13.2. The number of ether oxygens (including phenoxy) is 1. The van der Waals surface area contributed by atoms with Gasteiger partial charge in [0.25, 0.3) is 0 Å². The number of aliphatic hydroxyl groups excluding tert-OH is 2. The third-order valence-corrected chi connectivity index (χ3v) is 2.68. The van der Waals surface area contributed by atoms with Gasteiger partial charge in [0.1, 0.15) is 23.6 Å². The van der Waals surface area contributed by atoms with Crippen LogP contribution in [0.2, 0.25) is 0 Å². The molecule has 0 aromatic carbocycles. The van der Waals surface area contributed by atoms with Gasteiger partial charge in [0, 0.05) is 6.54 Å². The quantitative estimate of drug-likeness (QED) is 0.690. The van der Waals surface area contributed by atoms with Gasteiger partial charge in [0.2, 0.25) is 0 Å². The van der Waals surface area contributed by atoms with Gasteiger partial charge in [-0.05, 0) is 55.5 Å². The third-order valence-electron chi connectivity index (χ3n) is 2.10. The fourth-order valence-electron chi connectivity index (χ4n) is 1.29. The number of hydrogen-bond donors (Lipinski definition) is 3. The topological polar surface area (TPSA) is 91.9 Å². The van der Waals surface area contributed by atoms with Crippen molar-refractivity contribution in [2.24, 2.45) is 0 Å². The molecular weight excluding hydrogens is 365 g/mol. The largest absolute Gasteiger partial charge is 0.453 e. The smallest absolute Gasteiger partial charge is 0.407 e. The van der Waals surface area contributed by atoms with E-state index in [0.29, 0.717) is 3.77 Å². The van der Waals surface area contributed by atoms with Crippen molar-refractivity contribution in [3.8, 4) is 0 Å². The second-order valence-corrected chi connectivity index (χ2v) is 6.10. The van der Waals surface area contributed by atoms with E-state index in [4.69, 9.17) is 9.15 Å². The highest BCUT2D eigenvalue weighted by Crippen LogP contribution is 2.20. The van der Waals surface area contributed by atoms with Crippen LogP contribution in [-0.2, 0) is 4.74 Å². The van der Waals surface area contributed by atoms with Gasteiger partial charge >= 0.3 is 6.09 Å². The second-order valence-electron chi connectivity index (χ2n) is 5.04. The van der Waals surface area contributed by atoms with Crippen LogP contribution in [0, 0.1) is 3.77 Å². The SMILES string of the molecule is CC(C)(C)OC(=O)NCC(O)C(O)c1ccc(I)o1. The summed E-state index contributed by atoms with van der Waals surface area (Å²) in [4.78, 5) is 11.4. The Morgan fingerprint density at radius 2 is 2.11 bits per heavy atom. The van der Waals surface area contributed by atoms with Crippen molar-refractivity contribution in [2.75, 3.05) is 6.54 Å². The number of carbonyl (C=O) groups excluding carboxylic acids is 1. The first kappa shape index (κ1) is 16.3. The molecule has 0 aliphatic heterocycles. The van der Waals surface area contributed by atoms with Crippen molar-refractivity contribution < 1.29 is 24.2 Å². The molecule has 2 unspecified atom stereocenters. The van der Waals surface area contributed by atoms with E-state index >= 15 is 0 Å². The van der Waals surface area contributed by atoms with Crippen molar-refractivity contribution in [3.05, 3.63) is 21.7 Å². The number of furan rings is 1. The van der Waals surface area contributed by atoms with Crippen molar-refractivity contribution in [1.29, 1.82) is 0 Å². The van der Waals surface area contributed by atoms with Crippen LogP contribution in [0.4, 0.5) is 4.79 Å². The van der Waals surface area contributed by atoms with E-state index in [1.165, 1.54) is 0 Å². The van der Waals surface area contributed by atoms with Gasteiger partial charge in [0.15, 0.2) is 3.77 Å². The fourth-order valence-corrected chi connectivity index (χ4v) is 1.72. The number of hydrogen-bond acceptors (Lipinski definition) is 5. The summed E-state index contributed by atoms with van der Waals surface area (Å²) in [6.07, 6.45) is -3.01. The summed E-state index contributed by atoms with van der Waals surface area (Å²) < 4.78 is 10.8. The fraction of sp³-hybridized carbons (Fsp3) is 0.583. The molecule has 108 valence electrons. The van der Waals surface area contributed by atoms with Gasteiger partial charge in [0.05, 0.1) is 0 Å². The molecule has 0 saturated heterocycles. The van der Waals surface area contributed by atoms with E-state index in [2.05, 4.69) is 5.32 Å². The highest BCUT2D eigenvalue weighted by molar-refractivity contribution is 14.1. The van der Waals surface area contributed by atoms with Gasteiger partial charge in [-0.25, -0.2) is 4.79 Å². The summed E-state index contributed by atoms with van der Waals surface area (Å²) in [5, 5.41) is 21.9. The predicted octanol–water partition coefficient (Wildman–Crippen LogP) is 1.80. The molecule has 0 spiro atoms. The maximum atomic E-state index is 11.4. The Bertz CT molecular complexity index is 426. The van der Waals surface area contributed by atoms with Crippen molar-refractivity contribution >= 4 is 28.7 Å². The molecule has 0 aliphatic rings. The van der Waals surface area contributed by atoms with Crippen LogP contribution in [0.25, 0.3) is 0 Å². The minimum absolute atomic E-state index is 0.132. The second kappa shape index (κ2) is 6.58. The lowest BCUT2D eigenvalue weighted by molar-refractivity contribution is 0.00181. The molecule has 3 N–H and O–H groups in total. The molecule has 19 heavy (non-hydrogen) atoms. The van der Waals surface area contributed by atoms with E-state index in [9.17, 15) is 15.0 Å². The number of aliphatic hydroxyl groups is 2. The molecule has 1 amide bonds. The van der Waals surface area contributed by atoms with Gasteiger partial charge < -0.3 is 24.7 Å². The van der Waals surface area contributed by atoms with Crippen LogP contribution >= 0.6 is 22.6 Å². The molecule has 0 aliphatic carbocycles. The Morgan fingerprint density at radius 3 is 2.58 bits per heavy atom. The molecule has 0 radical (unpaired) electrons. The molecule has 0 saturated carbocycles. The zero-order valence-electron chi connectivity index (χ0n) is 11.0. The Morgan fingerprint density at radius 1 is 1.47 bits per heavy atom. The van der Waals surface area contributed by atoms with Crippen LogP contribution < -0.4 is 5.32 Å². The Labute approximate surface area is 125 Å². The lowest BCUT2D eigenvalue weighted by Crippen LogP contribution is -2.38. The minimum atomic E-state index is -1.20. The summed E-state index contributed by atoms with van der Waals surface area (Å²) in [6.45, 7) is 5.08. The average molecular weight is 383 g/mol. The highest BCUT2D eigenvalue weighted by atomic mass is 127. The van der Waals surface area contributed by atoms with E-state index in [-0.39, 0.29) is 12.3 Å². The van der Waals surface area contributed by atoms with Gasteiger partial charge in [-0.15, -0.1) is 0 Å². The molecule has 0 fully saturated rings. The number of rotatable bonds is 4. The number of halogens is 1. The molecule has 1 aromatic heterocycles. The molecule has 1 aromatic rings.